The Hall–Kier alpha value is -1.31. The molecule has 2 heteroatoms. The van der Waals surface area contributed by atoms with Gasteiger partial charge in [-0.15, -0.1) is 0 Å². The first kappa shape index (κ1) is 14.1. The highest BCUT2D eigenvalue weighted by molar-refractivity contribution is 5.83. The Morgan fingerprint density at radius 2 is 2.00 bits per heavy atom. The van der Waals surface area contributed by atoms with E-state index in [0.717, 1.165) is 17.4 Å². The largest absolute Gasteiger partial charge is 0.507 e. The van der Waals surface area contributed by atoms with Crippen molar-refractivity contribution >= 4 is 6.21 Å². The van der Waals surface area contributed by atoms with Crippen molar-refractivity contribution in [3.8, 4) is 5.75 Å². The van der Waals surface area contributed by atoms with Crippen molar-refractivity contribution in [3.05, 3.63) is 29.8 Å². The molecule has 0 radical (unpaired) electrons. The number of rotatable bonds is 3. The van der Waals surface area contributed by atoms with Gasteiger partial charge in [0.1, 0.15) is 5.75 Å². The molecule has 2 nitrogen and oxygen atoms in total. The first-order valence-electron chi connectivity index (χ1n) is 7.39. The standard InChI is InChI=1S/C17H25NO/c1-12(2)14-9-8-13(3)16(10-14)18-11-15-6-4-5-7-17(15)19/h4-7,11-14,16,19H,8-10H2,1-3H3/t13-,14-,16+/m1/s1. The van der Waals surface area contributed by atoms with E-state index in [2.05, 4.69) is 20.8 Å². The van der Waals surface area contributed by atoms with Gasteiger partial charge in [0.2, 0.25) is 0 Å². The minimum Gasteiger partial charge on any atom is -0.507 e. The average molecular weight is 259 g/mol. The lowest BCUT2D eigenvalue weighted by Crippen LogP contribution is -2.28. The summed E-state index contributed by atoms with van der Waals surface area (Å²) in [5, 5.41) is 9.75. The summed E-state index contributed by atoms with van der Waals surface area (Å²) in [7, 11) is 0. The van der Waals surface area contributed by atoms with Crippen molar-refractivity contribution in [2.45, 2.75) is 46.1 Å². The fraction of sp³-hybridized carbons (Fsp3) is 0.588. The minimum atomic E-state index is 0.315. The van der Waals surface area contributed by atoms with Crippen LogP contribution in [0.2, 0.25) is 0 Å². The number of hydrogen-bond acceptors (Lipinski definition) is 2. The van der Waals surface area contributed by atoms with Crippen molar-refractivity contribution in [3.63, 3.8) is 0 Å². The number of nitrogens with zero attached hydrogens (tertiary/aromatic N) is 1. The Morgan fingerprint density at radius 3 is 2.68 bits per heavy atom. The summed E-state index contributed by atoms with van der Waals surface area (Å²) >= 11 is 0. The molecule has 1 N–H and O–H groups in total. The molecule has 1 aromatic carbocycles. The maximum atomic E-state index is 9.75. The molecular weight excluding hydrogens is 234 g/mol. The second-order valence-electron chi connectivity index (χ2n) is 6.20. The van der Waals surface area contributed by atoms with Crippen LogP contribution in [0, 0.1) is 17.8 Å². The van der Waals surface area contributed by atoms with E-state index in [1.165, 1.54) is 19.3 Å². The van der Waals surface area contributed by atoms with Crippen LogP contribution in [0.3, 0.4) is 0 Å². The fourth-order valence-electron chi connectivity index (χ4n) is 2.92. The minimum absolute atomic E-state index is 0.315. The van der Waals surface area contributed by atoms with Crippen LogP contribution < -0.4 is 0 Å². The van der Waals surface area contributed by atoms with Gasteiger partial charge in [0.15, 0.2) is 0 Å². The molecule has 104 valence electrons. The van der Waals surface area contributed by atoms with Crippen LogP contribution in [-0.2, 0) is 0 Å². The average Bonchev–Trinajstić information content (AvgIpc) is 2.39. The predicted molar refractivity (Wildman–Crippen MR) is 80.8 cm³/mol. The van der Waals surface area contributed by atoms with Crippen LogP contribution in [0.4, 0.5) is 0 Å². The van der Waals surface area contributed by atoms with E-state index in [9.17, 15) is 5.11 Å². The van der Waals surface area contributed by atoms with Crippen molar-refractivity contribution in [1.82, 2.24) is 0 Å². The molecule has 0 aliphatic heterocycles. The van der Waals surface area contributed by atoms with Crippen molar-refractivity contribution in [2.24, 2.45) is 22.7 Å². The first-order chi connectivity index (χ1) is 9.08. The monoisotopic (exact) mass is 259 g/mol. The summed E-state index contributed by atoms with van der Waals surface area (Å²) in [5.41, 5.74) is 0.821. The number of phenols is 1. The molecule has 1 aromatic rings. The van der Waals surface area contributed by atoms with E-state index in [-0.39, 0.29) is 0 Å². The van der Waals surface area contributed by atoms with Gasteiger partial charge in [0.05, 0.1) is 6.04 Å². The smallest absolute Gasteiger partial charge is 0.124 e. The third kappa shape index (κ3) is 3.59. The lowest BCUT2D eigenvalue weighted by Gasteiger charge is -2.34. The Kier molecular flexibility index (Phi) is 4.62. The van der Waals surface area contributed by atoms with Gasteiger partial charge in [-0.25, -0.2) is 0 Å². The summed E-state index contributed by atoms with van der Waals surface area (Å²) in [6, 6.07) is 7.79. The number of aliphatic imine (C=N–C) groups is 1. The number of phenolic OH excluding ortho intramolecular Hbond substituents is 1. The van der Waals surface area contributed by atoms with Crippen molar-refractivity contribution in [2.75, 3.05) is 0 Å². The zero-order chi connectivity index (χ0) is 13.8. The Balaban J connectivity index is 2.06. The normalized spacial score (nSPS) is 28.1. The van der Waals surface area contributed by atoms with E-state index in [1.54, 1.807) is 6.07 Å². The molecular formula is C17H25NO. The highest BCUT2D eigenvalue weighted by atomic mass is 16.3. The lowest BCUT2D eigenvalue weighted by molar-refractivity contribution is 0.208. The number of hydrogen-bond donors (Lipinski definition) is 1. The molecule has 3 atom stereocenters. The molecule has 0 unspecified atom stereocenters. The predicted octanol–water partition coefficient (Wildman–Crippen LogP) is 4.27. The topological polar surface area (TPSA) is 32.6 Å². The van der Waals surface area contributed by atoms with Gasteiger partial charge in [0, 0.05) is 11.8 Å². The van der Waals surface area contributed by atoms with E-state index in [0.29, 0.717) is 17.7 Å². The Bertz CT molecular complexity index is 439. The van der Waals surface area contributed by atoms with Gasteiger partial charge in [-0.1, -0.05) is 32.9 Å². The summed E-state index contributed by atoms with van der Waals surface area (Å²) in [6.07, 6.45) is 5.63. The number of aromatic hydroxyl groups is 1. The molecule has 1 fully saturated rings. The van der Waals surface area contributed by atoms with Gasteiger partial charge in [-0.3, -0.25) is 4.99 Å². The molecule has 1 aliphatic rings. The third-order valence-electron chi connectivity index (χ3n) is 4.48. The maximum Gasteiger partial charge on any atom is 0.124 e. The van der Waals surface area contributed by atoms with E-state index in [1.807, 2.05) is 24.4 Å². The fourth-order valence-corrected chi connectivity index (χ4v) is 2.92. The summed E-state index contributed by atoms with van der Waals surface area (Å²) in [5.74, 6) is 2.50. The molecule has 1 aliphatic carbocycles. The zero-order valence-electron chi connectivity index (χ0n) is 12.2. The van der Waals surface area contributed by atoms with E-state index < -0.39 is 0 Å². The van der Waals surface area contributed by atoms with Crippen LogP contribution in [0.15, 0.2) is 29.3 Å². The van der Waals surface area contributed by atoms with Crippen LogP contribution >= 0.6 is 0 Å². The number of para-hydroxylation sites is 1. The summed E-state index contributed by atoms with van der Waals surface area (Å²) in [4.78, 5) is 4.74. The third-order valence-corrected chi connectivity index (χ3v) is 4.48. The van der Waals surface area contributed by atoms with Gasteiger partial charge in [0.25, 0.3) is 0 Å². The number of benzene rings is 1. The van der Waals surface area contributed by atoms with Gasteiger partial charge >= 0.3 is 0 Å². The maximum absolute atomic E-state index is 9.75. The van der Waals surface area contributed by atoms with Crippen molar-refractivity contribution in [1.29, 1.82) is 0 Å². The molecule has 0 aromatic heterocycles. The highest BCUT2D eigenvalue weighted by Gasteiger charge is 2.28. The van der Waals surface area contributed by atoms with Gasteiger partial charge in [-0.2, -0.15) is 0 Å². The molecule has 0 heterocycles. The van der Waals surface area contributed by atoms with Gasteiger partial charge in [-0.05, 0) is 49.1 Å². The summed E-state index contributed by atoms with van der Waals surface area (Å²) < 4.78 is 0. The van der Waals surface area contributed by atoms with Crippen LogP contribution in [-0.4, -0.2) is 17.4 Å². The molecule has 0 bridgehead atoms. The zero-order valence-corrected chi connectivity index (χ0v) is 12.2. The molecule has 0 saturated heterocycles. The molecule has 1 saturated carbocycles. The molecule has 0 amide bonds. The lowest BCUT2D eigenvalue weighted by atomic mass is 9.75. The Labute approximate surface area is 116 Å². The SMILES string of the molecule is CC(C)[C@@H]1CC[C@@H](C)[C@@H](N=Cc2ccccc2O)C1. The van der Waals surface area contributed by atoms with Crippen LogP contribution in [0.25, 0.3) is 0 Å². The second-order valence-corrected chi connectivity index (χ2v) is 6.20. The quantitative estimate of drug-likeness (QED) is 0.808. The van der Waals surface area contributed by atoms with E-state index in [4.69, 9.17) is 4.99 Å². The van der Waals surface area contributed by atoms with Gasteiger partial charge < -0.3 is 5.11 Å². The first-order valence-corrected chi connectivity index (χ1v) is 7.39. The van der Waals surface area contributed by atoms with Crippen LogP contribution in [0.5, 0.6) is 5.75 Å². The molecule has 19 heavy (non-hydrogen) atoms. The highest BCUT2D eigenvalue weighted by Crippen LogP contribution is 2.35. The molecule has 2 rings (SSSR count). The Morgan fingerprint density at radius 1 is 1.26 bits per heavy atom. The van der Waals surface area contributed by atoms with E-state index >= 15 is 0 Å². The van der Waals surface area contributed by atoms with Crippen molar-refractivity contribution < 1.29 is 5.11 Å². The summed E-state index contributed by atoms with van der Waals surface area (Å²) in [6.45, 7) is 6.91. The second kappa shape index (κ2) is 6.23. The van der Waals surface area contributed by atoms with Crippen LogP contribution in [0.1, 0.15) is 45.6 Å². The molecule has 0 spiro atoms.